The maximum absolute atomic E-state index is 13.3. The van der Waals surface area contributed by atoms with Crippen LogP contribution in [0.1, 0.15) is 24.8 Å². The molecule has 1 heterocycles. The fourth-order valence-corrected chi connectivity index (χ4v) is 4.16. The Kier molecular flexibility index (Phi) is 12.0. The number of aromatic nitrogens is 1. The number of fused-ring (bicyclic) bond motifs is 1. The normalized spacial score (nSPS) is 14.2. The van der Waals surface area contributed by atoms with Crippen LogP contribution in [0.5, 0.6) is 0 Å². The number of aromatic amines is 1. The van der Waals surface area contributed by atoms with Gasteiger partial charge in [0.25, 0.3) is 0 Å². The van der Waals surface area contributed by atoms with Crippen molar-refractivity contribution in [3.8, 4) is 0 Å². The lowest BCUT2D eigenvalue weighted by atomic mass is 10.0. The van der Waals surface area contributed by atoms with E-state index in [1.54, 1.807) is 6.20 Å². The quantitative estimate of drug-likeness (QED) is 0.122. The molecule has 0 spiro atoms. The van der Waals surface area contributed by atoms with Gasteiger partial charge in [-0.2, -0.15) is 11.8 Å². The summed E-state index contributed by atoms with van der Waals surface area (Å²) in [6.45, 7) is -0.672. The number of aliphatic hydroxyl groups is 1. The number of carbonyl (C=O) groups is 5. The molecule has 0 aliphatic rings. The van der Waals surface area contributed by atoms with Crippen molar-refractivity contribution in [1.82, 2.24) is 20.9 Å². The van der Waals surface area contributed by atoms with Crippen molar-refractivity contribution >= 4 is 52.3 Å². The lowest BCUT2D eigenvalue weighted by Crippen LogP contribution is -2.58. The molecule has 4 amide bonds. The van der Waals surface area contributed by atoms with Crippen LogP contribution in [0.15, 0.2) is 30.5 Å². The van der Waals surface area contributed by atoms with E-state index in [1.807, 2.05) is 30.5 Å². The van der Waals surface area contributed by atoms with E-state index in [1.165, 1.54) is 11.8 Å². The van der Waals surface area contributed by atoms with Gasteiger partial charge in [-0.3, -0.25) is 19.2 Å². The maximum Gasteiger partial charge on any atom is 0.326 e. The van der Waals surface area contributed by atoms with Crippen LogP contribution >= 0.6 is 11.8 Å². The molecule has 2 aromatic rings. The van der Waals surface area contributed by atoms with Gasteiger partial charge in [-0.05, 0) is 36.5 Å². The van der Waals surface area contributed by atoms with Crippen molar-refractivity contribution < 1.29 is 34.2 Å². The summed E-state index contributed by atoms with van der Waals surface area (Å²) in [4.78, 5) is 64.8. The van der Waals surface area contributed by atoms with Crippen molar-refractivity contribution in [2.75, 3.05) is 18.6 Å². The molecule has 10 N–H and O–H groups in total. The number of carbonyl (C=O) groups excluding carboxylic acids is 4. The molecule has 1 aromatic heterocycles. The number of para-hydroxylation sites is 1. The molecule has 4 atom stereocenters. The van der Waals surface area contributed by atoms with Gasteiger partial charge < -0.3 is 42.6 Å². The second-order valence-corrected chi connectivity index (χ2v) is 9.65. The van der Waals surface area contributed by atoms with Crippen LogP contribution in [0.4, 0.5) is 0 Å². The lowest BCUT2D eigenvalue weighted by Gasteiger charge is -2.25. The molecule has 0 fully saturated rings. The number of hydrogen-bond acceptors (Lipinski definition) is 8. The summed E-state index contributed by atoms with van der Waals surface area (Å²) in [5.74, 6) is -3.81. The van der Waals surface area contributed by atoms with E-state index in [0.717, 1.165) is 10.9 Å². The number of amides is 4. The lowest BCUT2D eigenvalue weighted by molar-refractivity contribution is -0.142. The number of nitrogens with one attached hydrogen (secondary N) is 4. The van der Waals surface area contributed by atoms with E-state index in [0.29, 0.717) is 11.3 Å². The van der Waals surface area contributed by atoms with Gasteiger partial charge in [0.1, 0.15) is 24.2 Å². The molecule has 1 aromatic carbocycles. The van der Waals surface area contributed by atoms with E-state index < -0.39 is 60.4 Å². The molecule has 2 rings (SSSR count). The van der Waals surface area contributed by atoms with Gasteiger partial charge in [-0.1, -0.05) is 18.2 Å². The fraction of sp³-hybridized carbons (Fsp3) is 0.458. The molecule has 14 heteroatoms. The molecule has 38 heavy (non-hydrogen) atoms. The molecular formula is C24H34N6O7S. The van der Waals surface area contributed by atoms with Crippen LogP contribution in [-0.2, 0) is 30.4 Å². The number of rotatable bonds is 16. The van der Waals surface area contributed by atoms with Crippen LogP contribution in [0.2, 0.25) is 0 Å². The van der Waals surface area contributed by atoms with Gasteiger partial charge >= 0.3 is 5.97 Å². The topological polar surface area (TPSA) is 230 Å². The van der Waals surface area contributed by atoms with Gasteiger partial charge in [0.15, 0.2) is 0 Å². The average molecular weight is 551 g/mol. The standard InChI is InChI=1S/C24H34N6O7S/c1-38-9-8-18(24(36)37)29-23(35)19(10-13-11-27-16-5-3-2-4-14(13)16)30-22(34)17(6-7-20(26)32)28-21(33)15(25)12-31/h2-5,11,15,17-19,27,31H,6-10,12,25H2,1H3,(H2,26,32)(H,28,33)(H,29,35)(H,30,34)(H,36,37). The molecular weight excluding hydrogens is 516 g/mol. The SMILES string of the molecule is CSCCC(NC(=O)C(Cc1c[nH]c2ccccc12)NC(=O)C(CCC(N)=O)NC(=O)C(N)CO)C(=O)O. The van der Waals surface area contributed by atoms with Crippen LogP contribution in [0.25, 0.3) is 10.9 Å². The number of H-pyrrole nitrogens is 1. The first-order valence-corrected chi connectivity index (χ1v) is 13.3. The summed E-state index contributed by atoms with van der Waals surface area (Å²) < 4.78 is 0. The summed E-state index contributed by atoms with van der Waals surface area (Å²) in [6, 6.07) is 2.33. The van der Waals surface area contributed by atoms with Gasteiger partial charge in [0.2, 0.25) is 23.6 Å². The van der Waals surface area contributed by atoms with Crippen molar-refractivity contribution in [2.24, 2.45) is 11.5 Å². The number of nitrogens with two attached hydrogens (primary N) is 2. The van der Waals surface area contributed by atoms with Crippen molar-refractivity contribution in [1.29, 1.82) is 0 Å². The summed E-state index contributed by atoms with van der Waals surface area (Å²) >= 11 is 1.43. The molecule has 0 bridgehead atoms. The highest BCUT2D eigenvalue weighted by Crippen LogP contribution is 2.19. The molecule has 4 unspecified atom stereocenters. The van der Waals surface area contributed by atoms with Crippen molar-refractivity contribution in [3.63, 3.8) is 0 Å². The van der Waals surface area contributed by atoms with Crippen LogP contribution in [0.3, 0.4) is 0 Å². The van der Waals surface area contributed by atoms with Gasteiger partial charge in [-0.15, -0.1) is 0 Å². The summed E-state index contributed by atoms with van der Waals surface area (Å²) in [5, 5.41) is 26.9. The Morgan fingerprint density at radius 2 is 1.61 bits per heavy atom. The second-order valence-electron chi connectivity index (χ2n) is 8.66. The summed E-state index contributed by atoms with van der Waals surface area (Å²) in [5.41, 5.74) is 12.2. The van der Waals surface area contributed by atoms with E-state index >= 15 is 0 Å². The van der Waals surface area contributed by atoms with Crippen molar-refractivity contribution in [2.45, 2.75) is 49.9 Å². The first-order chi connectivity index (χ1) is 18.1. The van der Waals surface area contributed by atoms with Gasteiger partial charge in [0, 0.05) is 29.9 Å². The monoisotopic (exact) mass is 550 g/mol. The first-order valence-electron chi connectivity index (χ1n) is 11.9. The Balaban J connectivity index is 2.32. The first kappa shape index (κ1) is 30.6. The summed E-state index contributed by atoms with van der Waals surface area (Å²) in [7, 11) is 0. The third-order valence-electron chi connectivity index (χ3n) is 5.80. The number of aliphatic carboxylic acids is 1. The van der Waals surface area contributed by atoms with Gasteiger partial charge in [0.05, 0.1) is 6.61 Å². The number of thioether (sulfide) groups is 1. The summed E-state index contributed by atoms with van der Waals surface area (Å²) in [6.07, 6.45) is 3.24. The maximum atomic E-state index is 13.3. The minimum atomic E-state index is -1.31. The molecule has 208 valence electrons. The molecule has 0 saturated carbocycles. The average Bonchev–Trinajstić information content (AvgIpc) is 3.30. The highest BCUT2D eigenvalue weighted by Gasteiger charge is 2.31. The minimum absolute atomic E-state index is 0.00307. The molecule has 0 aliphatic carbocycles. The molecule has 0 radical (unpaired) electrons. The van der Waals surface area contributed by atoms with E-state index in [4.69, 9.17) is 16.6 Å². The van der Waals surface area contributed by atoms with E-state index in [9.17, 15) is 29.1 Å². The predicted molar refractivity (Wildman–Crippen MR) is 142 cm³/mol. The van der Waals surface area contributed by atoms with Crippen molar-refractivity contribution in [3.05, 3.63) is 36.0 Å². The number of carboxylic acid groups (broad SMARTS) is 1. The Morgan fingerprint density at radius 3 is 2.24 bits per heavy atom. The Bertz CT molecular complexity index is 1140. The predicted octanol–water partition coefficient (Wildman–Crippen LogP) is -1.41. The van der Waals surface area contributed by atoms with Crippen LogP contribution in [-0.4, -0.2) is 87.6 Å². The molecule has 0 aliphatic heterocycles. The van der Waals surface area contributed by atoms with Crippen LogP contribution < -0.4 is 27.4 Å². The number of hydrogen-bond donors (Lipinski definition) is 8. The van der Waals surface area contributed by atoms with E-state index in [2.05, 4.69) is 20.9 Å². The third kappa shape index (κ3) is 9.04. The third-order valence-corrected chi connectivity index (χ3v) is 6.45. The zero-order chi connectivity index (χ0) is 28.2. The number of aliphatic hydroxyl groups excluding tert-OH is 1. The zero-order valence-corrected chi connectivity index (χ0v) is 21.8. The highest BCUT2D eigenvalue weighted by atomic mass is 32.2. The largest absolute Gasteiger partial charge is 0.480 e. The Labute approximate surface area is 223 Å². The smallest absolute Gasteiger partial charge is 0.326 e. The zero-order valence-electron chi connectivity index (χ0n) is 20.9. The number of primary amides is 1. The minimum Gasteiger partial charge on any atom is -0.480 e. The second kappa shape index (κ2) is 15.0. The van der Waals surface area contributed by atoms with E-state index in [-0.39, 0.29) is 25.7 Å². The Morgan fingerprint density at radius 1 is 0.974 bits per heavy atom. The fourth-order valence-electron chi connectivity index (χ4n) is 3.68. The molecule has 13 nitrogen and oxygen atoms in total. The van der Waals surface area contributed by atoms with Crippen LogP contribution in [0, 0.1) is 0 Å². The number of carboxylic acids is 1. The Hall–Kier alpha value is -3.62. The number of benzene rings is 1. The van der Waals surface area contributed by atoms with Gasteiger partial charge in [-0.25, -0.2) is 4.79 Å². The highest BCUT2D eigenvalue weighted by molar-refractivity contribution is 7.98. The molecule has 0 saturated heterocycles.